The van der Waals surface area contributed by atoms with E-state index in [4.69, 9.17) is 4.65 Å². The van der Waals surface area contributed by atoms with Crippen LogP contribution in [0.3, 0.4) is 0 Å². The van der Waals surface area contributed by atoms with Crippen molar-refractivity contribution in [1.82, 2.24) is 0 Å². The molecular formula is C19H27BO. The van der Waals surface area contributed by atoms with Crippen LogP contribution in [0.5, 0.6) is 0 Å². The lowest BCUT2D eigenvalue weighted by atomic mass is 9.49. The van der Waals surface area contributed by atoms with E-state index in [1.54, 1.807) is 0 Å². The molecule has 1 heterocycles. The van der Waals surface area contributed by atoms with E-state index in [0.717, 1.165) is 0 Å². The molecule has 1 nitrogen and oxygen atoms in total. The molecule has 0 spiro atoms. The monoisotopic (exact) mass is 282 g/mol. The number of hydrogen-bond donors (Lipinski definition) is 0. The number of allylic oxidation sites excluding steroid dienone is 1. The van der Waals surface area contributed by atoms with Gasteiger partial charge in [-0.15, -0.1) is 6.58 Å². The minimum Gasteiger partial charge on any atom is -0.421 e. The molecular weight excluding hydrogens is 255 g/mol. The Labute approximate surface area is 130 Å². The van der Waals surface area contributed by atoms with E-state index in [1.165, 1.54) is 27.6 Å². The molecule has 0 aliphatic carbocycles. The standard InChI is InChI=1S/C19H27BO/c1-9-10-16-11-13(2)17(14(3)12-16)20-15(4)18(5,6)19(7,8)21-20/h9-12H,4H2,1-3,5-8H3/b10-9+. The van der Waals surface area contributed by atoms with Crippen molar-refractivity contribution in [3.8, 4) is 0 Å². The van der Waals surface area contributed by atoms with Crippen molar-refractivity contribution in [2.24, 2.45) is 5.41 Å². The van der Waals surface area contributed by atoms with Gasteiger partial charge >= 0.3 is 6.92 Å². The highest BCUT2D eigenvalue weighted by atomic mass is 16.5. The SMILES string of the molecule is C=C1B(c2c(C)cc(/C=C/C)cc2C)OC(C)(C)C1(C)C. The van der Waals surface area contributed by atoms with E-state index in [2.05, 4.69) is 72.4 Å². The zero-order valence-corrected chi connectivity index (χ0v) is 14.5. The van der Waals surface area contributed by atoms with Gasteiger partial charge in [-0.25, -0.2) is 0 Å². The van der Waals surface area contributed by atoms with Crippen molar-refractivity contribution in [1.29, 1.82) is 0 Å². The summed E-state index contributed by atoms with van der Waals surface area (Å²) in [5.74, 6) is 0. The van der Waals surface area contributed by atoms with E-state index in [0.29, 0.717) is 0 Å². The molecule has 0 saturated carbocycles. The third-order valence-electron chi connectivity index (χ3n) is 5.27. The molecule has 0 unspecified atom stereocenters. The second-order valence-corrected chi connectivity index (χ2v) is 7.23. The van der Waals surface area contributed by atoms with Crippen molar-refractivity contribution in [2.75, 3.05) is 0 Å². The molecule has 0 aromatic heterocycles. The summed E-state index contributed by atoms with van der Waals surface area (Å²) in [5, 5.41) is 0. The Balaban J connectivity index is 2.52. The van der Waals surface area contributed by atoms with Crippen molar-refractivity contribution in [3.05, 3.63) is 47.0 Å². The number of benzene rings is 1. The predicted molar refractivity (Wildman–Crippen MR) is 94.1 cm³/mol. The van der Waals surface area contributed by atoms with Crippen molar-refractivity contribution in [3.63, 3.8) is 0 Å². The lowest BCUT2D eigenvalue weighted by Gasteiger charge is -2.34. The Hall–Kier alpha value is -1.28. The fraction of sp³-hybridized carbons (Fsp3) is 0.474. The summed E-state index contributed by atoms with van der Waals surface area (Å²) in [6.07, 6.45) is 4.22. The van der Waals surface area contributed by atoms with Gasteiger partial charge in [-0.05, 0) is 45.6 Å². The van der Waals surface area contributed by atoms with Gasteiger partial charge in [0.2, 0.25) is 0 Å². The van der Waals surface area contributed by atoms with Gasteiger partial charge < -0.3 is 4.65 Å². The Morgan fingerprint density at radius 2 is 1.62 bits per heavy atom. The summed E-state index contributed by atoms with van der Waals surface area (Å²) in [7, 11) is 0. The molecule has 0 amide bonds. The largest absolute Gasteiger partial charge is 0.421 e. The lowest BCUT2D eigenvalue weighted by Crippen LogP contribution is -2.38. The highest BCUT2D eigenvalue weighted by Crippen LogP contribution is 2.47. The Morgan fingerprint density at radius 3 is 2.00 bits per heavy atom. The van der Waals surface area contributed by atoms with E-state index in [9.17, 15) is 0 Å². The van der Waals surface area contributed by atoms with Crippen LogP contribution in [0.1, 0.15) is 51.3 Å². The molecule has 1 fully saturated rings. The normalized spacial score (nSPS) is 20.5. The van der Waals surface area contributed by atoms with Gasteiger partial charge in [0.15, 0.2) is 0 Å². The van der Waals surface area contributed by atoms with Crippen LogP contribution in [-0.2, 0) is 4.65 Å². The molecule has 0 bridgehead atoms. The molecule has 2 heteroatoms. The maximum Gasteiger partial charge on any atom is 0.358 e. The van der Waals surface area contributed by atoms with Crippen molar-refractivity contribution >= 4 is 18.5 Å². The van der Waals surface area contributed by atoms with E-state index in [-0.39, 0.29) is 17.9 Å². The number of hydrogen-bond acceptors (Lipinski definition) is 1. The van der Waals surface area contributed by atoms with Crippen LogP contribution in [0.2, 0.25) is 0 Å². The molecule has 0 N–H and O–H groups in total. The van der Waals surface area contributed by atoms with Gasteiger partial charge in [-0.3, -0.25) is 0 Å². The van der Waals surface area contributed by atoms with Gasteiger partial charge in [0.1, 0.15) is 0 Å². The Kier molecular flexibility index (Phi) is 3.97. The molecule has 1 saturated heterocycles. The average Bonchev–Trinajstić information content (AvgIpc) is 2.49. The van der Waals surface area contributed by atoms with Gasteiger partial charge in [-0.2, -0.15) is 0 Å². The molecule has 112 valence electrons. The van der Waals surface area contributed by atoms with Crippen molar-refractivity contribution in [2.45, 2.75) is 54.1 Å². The Bertz CT molecular complexity index is 585. The smallest absolute Gasteiger partial charge is 0.358 e. The zero-order valence-electron chi connectivity index (χ0n) is 14.5. The van der Waals surface area contributed by atoms with Crippen LogP contribution >= 0.6 is 0 Å². The van der Waals surface area contributed by atoms with E-state index < -0.39 is 0 Å². The summed E-state index contributed by atoms with van der Waals surface area (Å²) in [6.45, 7) is 19.5. The molecule has 2 rings (SSSR count). The van der Waals surface area contributed by atoms with Gasteiger partial charge in [-0.1, -0.05) is 54.7 Å². The predicted octanol–water partition coefficient (Wildman–Crippen LogP) is 4.47. The van der Waals surface area contributed by atoms with Crippen LogP contribution in [0.25, 0.3) is 6.08 Å². The molecule has 0 radical (unpaired) electrons. The molecule has 1 aliphatic heterocycles. The lowest BCUT2D eigenvalue weighted by molar-refractivity contribution is 0.0453. The fourth-order valence-corrected chi connectivity index (χ4v) is 3.17. The number of aryl methyl sites for hydroxylation is 2. The summed E-state index contributed by atoms with van der Waals surface area (Å²) in [4.78, 5) is 0. The van der Waals surface area contributed by atoms with Gasteiger partial charge in [0.25, 0.3) is 0 Å². The van der Waals surface area contributed by atoms with Crippen LogP contribution in [0.15, 0.2) is 30.3 Å². The highest BCUT2D eigenvalue weighted by Gasteiger charge is 2.53. The van der Waals surface area contributed by atoms with Crippen LogP contribution in [0, 0.1) is 19.3 Å². The minimum absolute atomic E-state index is 0.00495. The second-order valence-electron chi connectivity index (χ2n) is 7.23. The maximum absolute atomic E-state index is 6.41. The van der Waals surface area contributed by atoms with Crippen LogP contribution < -0.4 is 5.46 Å². The molecule has 1 aliphatic rings. The topological polar surface area (TPSA) is 9.23 Å². The van der Waals surface area contributed by atoms with Gasteiger partial charge in [0.05, 0.1) is 5.60 Å². The third-order valence-corrected chi connectivity index (χ3v) is 5.27. The summed E-state index contributed by atoms with van der Waals surface area (Å²) >= 11 is 0. The summed E-state index contributed by atoms with van der Waals surface area (Å²) < 4.78 is 6.41. The minimum atomic E-state index is -0.199. The molecule has 1 aromatic carbocycles. The van der Waals surface area contributed by atoms with Crippen molar-refractivity contribution < 1.29 is 4.65 Å². The zero-order chi connectivity index (χ0) is 16.0. The van der Waals surface area contributed by atoms with E-state index in [1.807, 2.05) is 6.92 Å². The first kappa shape index (κ1) is 16.1. The molecule has 21 heavy (non-hydrogen) atoms. The van der Waals surface area contributed by atoms with Crippen LogP contribution in [-0.4, -0.2) is 12.5 Å². The summed E-state index contributed by atoms with van der Waals surface area (Å²) in [5.41, 5.74) is 6.04. The molecule has 0 atom stereocenters. The van der Waals surface area contributed by atoms with Gasteiger partial charge in [0, 0.05) is 5.41 Å². The number of rotatable bonds is 2. The molecule has 1 aromatic rings. The summed E-state index contributed by atoms with van der Waals surface area (Å²) in [6, 6.07) is 4.47. The highest BCUT2D eigenvalue weighted by molar-refractivity contribution is 6.76. The average molecular weight is 282 g/mol. The quantitative estimate of drug-likeness (QED) is 0.727. The first-order valence-electron chi connectivity index (χ1n) is 7.72. The van der Waals surface area contributed by atoms with E-state index >= 15 is 0 Å². The fourth-order valence-electron chi connectivity index (χ4n) is 3.17. The Morgan fingerprint density at radius 1 is 1.10 bits per heavy atom. The first-order chi connectivity index (χ1) is 9.61. The first-order valence-corrected chi connectivity index (χ1v) is 7.72. The van der Waals surface area contributed by atoms with Crippen LogP contribution in [0.4, 0.5) is 0 Å². The maximum atomic E-state index is 6.41. The third kappa shape index (κ3) is 2.51. The second kappa shape index (κ2) is 5.17.